The van der Waals surface area contributed by atoms with E-state index >= 15 is 0 Å². The maximum absolute atomic E-state index is 13.4. The first kappa shape index (κ1) is 26.7. The van der Waals surface area contributed by atoms with E-state index in [0.717, 1.165) is 37.3 Å². The van der Waals surface area contributed by atoms with Crippen molar-refractivity contribution in [2.75, 3.05) is 14.2 Å². The van der Waals surface area contributed by atoms with Gasteiger partial charge in [-0.05, 0) is 49.6 Å². The molecule has 2 aromatic carbocycles. The Bertz CT molecular complexity index is 1260. The molecule has 1 heterocycles. The number of hydrogen-bond donors (Lipinski definition) is 2. The molecule has 0 bridgehead atoms. The number of alkyl halides is 3. The summed E-state index contributed by atoms with van der Waals surface area (Å²) in [6, 6.07) is 4.81. The first-order valence-electron chi connectivity index (χ1n) is 11.9. The predicted molar refractivity (Wildman–Crippen MR) is 128 cm³/mol. The number of aliphatic hydroxyl groups excluding tert-OH is 1. The summed E-state index contributed by atoms with van der Waals surface area (Å²) in [5.74, 6) is -0.480. The number of rotatable bonds is 9. The first-order valence-corrected chi connectivity index (χ1v) is 11.9. The maximum Gasteiger partial charge on any atom is 0.416 e. The summed E-state index contributed by atoms with van der Waals surface area (Å²) in [6.07, 6.45) is -1.82. The summed E-state index contributed by atoms with van der Waals surface area (Å²) in [4.78, 5) is 11.7. The molecule has 1 saturated carbocycles. The Morgan fingerprint density at radius 3 is 2.30 bits per heavy atom. The Hall–Kier alpha value is -3.31. The fourth-order valence-electron chi connectivity index (χ4n) is 4.77. The monoisotopic (exact) mass is 522 g/mol. The summed E-state index contributed by atoms with van der Waals surface area (Å²) < 4.78 is 58.5. The molecule has 2 unspecified atom stereocenters. The summed E-state index contributed by atoms with van der Waals surface area (Å²) in [5.41, 5.74) is -0.466. The normalized spacial score (nSPS) is 16.2. The SMILES string of the molecule is COc1cc(C(O)C(Cn2cc3cc(C(F)(F)F)cc(C(=O)O)c3n2)OC2CCCC2)cc(OC)c1C. The van der Waals surface area contributed by atoms with Gasteiger partial charge in [0.05, 0.1) is 38.0 Å². The first-order chi connectivity index (χ1) is 17.5. The van der Waals surface area contributed by atoms with E-state index in [1.54, 1.807) is 12.1 Å². The minimum atomic E-state index is -4.71. The van der Waals surface area contributed by atoms with E-state index in [1.807, 2.05) is 6.92 Å². The Balaban J connectivity index is 1.72. The van der Waals surface area contributed by atoms with E-state index in [-0.39, 0.29) is 23.6 Å². The summed E-state index contributed by atoms with van der Waals surface area (Å²) in [7, 11) is 3.02. The molecule has 0 aliphatic heterocycles. The van der Waals surface area contributed by atoms with Gasteiger partial charge >= 0.3 is 12.1 Å². The third-order valence-corrected chi connectivity index (χ3v) is 6.72. The lowest BCUT2D eigenvalue weighted by Crippen LogP contribution is -2.31. The Morgan fingerprint density at radius 2 is 1.76 bits per heavy atom. The number of nitrogens with zero attached hydrogens (tertiary/aromatic N) is 2. The van der Waals surface area contributed by atoms with Gasteiger partial charge < -0.3 is 24.4 Å². The van der Waals surface area contributed by atoms with Crippen LogP contribution in [0, 0.1) is 6.92 Å². The van der Waals surface area contributed by atoms with E-state index < -0.39 is 35.5 Å². The standard InChI is InChI=1S/C26H29F3N2O6/c1-14-20(35-2)9-15(10-21(14)36-3)24(32)22(37-18-6-4-5-7-18)13-31-12-16-8-17(26(27,28)29)11-19(25(33)34)23(16)30-31/h8-12,18,22,24,32H,4-7,13H2,1-3H3,(H,33,34). The van der Waals surface area contributed by atoms with Gasteiger partial charge in [0.2, 0.25) is 0 Å². The van der Waals surface area contributed by atoms with Crippen molar-refractivity contribution < 1.29 is 42.4 Å². The van der Waals surface area contributed by atoms with Gasteiger partial charge in [-0.3, -0.25) is 4.68 Å². The second kappa shape index (κ2) is 10.6. The predicted octanol–water partition coefficient (Wildman–Crippen LogP) is 5.14. The third-order valence-electron chi connectivity index (χ3n) is 6.72. The largest absolute Gasteiger partial charge is 0.496 e. The Kier molecular flexibility index (Phi) is 7.65. The lowest BCUT2D eigenvalue weighted by molar-refractivity contribution is -0.137. The van der Waals surface area contributed by atoms with Gasteiger partial charge in [0, 0.05) is 17.1 Å². The van der Waals surface area contributed by atoms with Crippen molar-refractivity contribution in [2.24, 2.45) is 0 Å². The molecule has 200 valence electrons. The minimum Gasteiger partial charge on any atom is -0.496 e. The van der Waals surface area contributed by atoms with Crippen LogP contribution < -0.4 is 9.47 Å². The molecule has 0 saturated heterocycles. The van der Waals surface area contributed by atoms with Crippen LogP contribution in [-0.4, -0.2) is 52.4 Å². The highest BCUT2D eigenvalue weighted by Crippen LogP contribution is 2.36. The van der Waals surface area contributed by atoms with Gasteiger partial charge in [0.15, 0.2) is 0 Å². The number of fused-ring (bicyclic) bond motifs is 1. The molecule has 1 aliphatic rings. The molecule has 1 aliphatic carbocycles. The fourth-order valence-corrected chi connectivity index (χ4v) is 4.77. The highest BCUT2D eigenvalue weighted by atomic mass is 19.4. The topological polar surface area (TPSA) is 103 Å². The molecule has 0 spiro atoms. The molecular weight excluding hydrogens is 493 g/mol. The van der Waals surface area contributed by atoms with Crippen molar-refractivity contribution in [3.8, 4) is 11.5 Å². The number of benzene rings is 2. The number of carboxylic acids is 1. The minimum absolute atomic E-state index is 0.0226. The average Bonchev–Trinajstić information content (AvgIpc) is 3.51. The second-order valence-corrected chi connectivity index (χ2v) is 9.19. The van der Waals surface area contributed by atoms with Gasteiger partial charge in [-0.2, -0.15) is 18.3 Å². The lowest BCUT2D eigenvalue weighted by Gasteiger charge is -2.27. The van der Waals surface area contributed by atoms with E-state index in [4.69, 9.17) is 14.2 Å². The molecular formula is C26H29F3N2O6. The number of carbonyl (C=O) groups is 1. The Labute approximate surface area is 211 Å². The number of hydrogen-bond acceptors (Lipinski definition) is 6. The van der Waals surface area contributed by atoms with Crippen LogP contribution in [0.25, 0.3) is 10.9 Å². The molecule has 8 nitrogen and oxygen atoms in total. The van der Waals surface area contributed by atoms with Crippen LogP contribution in [0.1, 0.15) is 58.8 Å². The number of halogens is 3. The van der Waals surface area contributed by atoms with E-state index in [2.05, 4.69) is 5.10 Å². The van der Waals surface area contributed by atoms with Crippen LogP contribution in [-0.2, 0) is 17.5 Å². The number of ether oxygens (including phenoxy) is 3. The Morgan fingerprint density at radius 1 is 1.14 bits per heavy atom. The highest BCUT2D eigenvalue weighted by Gasteiger charge is 2.33. The van der Waals surface area contributed by atoms with Crippen molar-refractivity contribution in [3.05, 3.63) is 52.7 Å². The van der Waals surface area contributed by atoms with Gasteiger partial charge in [-0.1, -0.05) is 12.8 Å². The molecule has 11 heteroatoms. The van der Waals surface area contributed by atoms with Crippen LogP contribution >= 0.6 is 0 Å². The van der Waals surface area contributed by atoms with Crippen LogP contribution in [0.2, 0.25) is 0 Å². The number of methoxy groups -OCH3 is 2. The maximum atomic E-state index is 13.4. The molecule has 0 radical (unpaired) electrons. The van der Waals surface area contributed by atoms with E-state index in [1.165, 1.54) is 25.1 Å². The molecule has 37 heavy (non-hydrogen) atoms. The quantitative estimate of drug-likeness (QED) is 0.401. The van der Waals surface area contributed by atoms with Gasteiger partial charge in [0.1, 0.15) is 29.2 Å². The highest BCUT2D eigenvalue weighted by molar-refractivity contribution is 6.02. The van der Waals surface area contributed by atoms with Crippen molar-refractivity contribution in [2.45, 2.75) is 63.6 Å². The molecule has 2 atom stereocenters. The van der Waals surface area contributed by atoms with Crippen molar-refractivity contribution in [3.63, 3.8) is 0 Å². The molecule has 0 amide bonds. The van der Waals surface area contributed by atoms with Gasteiger partial charge in [0.25, 0.3) is 0 Å². The number of aliphatic hydroxyl groups is 1. The zero-order chi connectivity index (χ0) is 26.9. The van der Waals surface area contributed by atoms with Gasteiger partial charge in [-0.25, -0.2) is 4.79 Å². The summed E-state index contributed by atoms with van der Waals surface area (Å²) in [5, 5.41) is 25.2. The molecule has 2 N–H and O–H groups in total. The van der Waals surface area contributed by atoms with Crippen molar-refractivity contribution in [1.82, 2.24) is 9.78 Å². The number of aromatic nitrogens is 2. The molecule has 1 fully saturated rings. The van der Waals surface area contributed by atoms with Crippen LogP contribution in [0.15, 0.2) is 30.5 Å². The smallest absolute Gasteiger partial charge is 0.416 e. The molecule has 3 aromatic rings. The molecule has 1 aromatic heterocycles. The number of carboxylic acid groups (broad SMARTS) is 1. The average molecular weight is 523 g/mol. The van der Waals surface area contributed by atoms with E-state index in [0.29, 0.717) is 23.1 Å². The zero-order valence-corrected chi connectivity index (χ0v) is 20.7. The third kappa shape index (κ3) is 5.67. The lowest BCUT2D eigenvalue weighted by atomic mass is 10.0. The fraction of sp³-hybridized carbons (Fsp3) is 0.462. The van der Waals surface area contributed by atoms with Crippen LogP contribution in [0.5, 0.6) is 11.5 Å². The van der Waals surface area contributed by atoms with E-state index in [9.17, 15) is 28.2 Å². The van der Waals surface area contributed by atoms with Crippen LogP contribution in [0.4, 0.5) is 13.2 Å². The van der Waals surface area contributed by atoms with Gasteiger partial charge in [-0.15, -0.1) is 0 Å². The zero-order valence-electron chi connectivity index (χ0n) is 20.7. The van der Waals surface area contributed by atoms with Crippen molar-refractivity contribution in [1.29, 1.82) is 0 Å². The summed E-state index contributed by atoms with van der Waals surface area (Å²) in [6.45, 7) is 1.80. The molecule has 4 rings (SSSR count). The van der Waals surface area contributed by atoms with Crippen molar-refractivity contribution >= 4 is 16.9 Å². The summed E-state index contributed by atoms with van der Waals surface area (Å²) >= 11 is 0. The second-order valence-electron chi connectivity index (χ2n) is 9.19. The number of aromatic carboxylic acids is 1. The van der Waals surface area contributed by atoms with Crippen LogP contribution in [0.3, 0.4) is 0 Å².